The van der Waals surface area contributed by atoms with E-state index in [9.17, 15) is 4.79 Å². The van der Waals surface area contributed by atoms with Crippen molar-refractivity contribution in [2.24, 2.45) is 0 Å². The number of rotatable bonds is 4. The quantitative estimate of drug-likeness (QED) is 0.913. The zero-order chi connectivity index (χ0) is 14.9. The second-order valence-electron chi connectivity index (χ2n) is 5.35. The average Bonchev–Trinajstić information content (AvgIpc) is 2.92. The zero-order valence-electron chi connectivity index (χ0n) is 11.9. The summed E-state index contributed by atoms with van der Waals surface area (Å²) in [6.07, 6.45) is 5.01. The van der Waals surface area contributed by atoms with E-state index in [4.69, 9.17) is 4.42 Å². The molecule has 0 spiro atoms. The maximum atomic E-state index is 12.5. The van der Waals surface area contributed by atoms with Crippen LogP contribution < -0.4 is 5.32 Å². The molecular formula is C16H17BrN2O2. The Morgan fingerprint density at radius 1 is 1.43 bits per heavy atom. The molecule has 110 valence electrons. The molecule has 3 rings (SSSR count). The van der Waals surface area contributed by atoms with Crippen LogP contribution in [-0.4, -0.2) is 10.9 Å². The van der Waals surface area contributed by atoms with Crippen molar-refractivity contribution in [1.82, 2.24) is 10.3 Å². The van der Waals surface area contributed by atoms with E-state index < -0.39 is 0 Å². The number of halogens is 1. The highest BCUT2D eigenvalue weighted by molar-refractivity contribution is 9.10. The number of hydrogen-bond acceptors (Lipinski definition) is 3. The summed E-state index contributed by atoms with van der Waals surface area (Å²) in [5.41, 5.74) is 1.53. The Balaban J connectivity index is 1.88. The van der Waals surface area contributed by atoms with Crippen LogP contribution in [0.1, 0.15) is 48.0 Å². The zero-order valence-corrected chi connectivity index (χ0v) is 13.4. The molecule has 21 heavy (non-hydrogen) atoms. The van der Waals surface area contributed by atoms with Gasteiger partial charge in [0.25, 0.3) is 5.91 Å². The second kappa shape index (κ2) is 5.64. The number of nitrogens with zero attached hydrogens (tertiary/aromatic N) is 1. The van der Waals surface area contributed by atoms with Crippen molar-refractivity contribution in [3.8, 4) is 0 Å². The van der Waals surface area contributed by atoms with Crippen LogP contribution in [0.15, 0.2) is 39.5 Å². The van der Waals surface area contributed by atoms with Gasteiger partial charge in [-0.05, 0) is 37.3 Å². The van der Waals surface area contributed by atoms with Gasteiger partial charge in [-0.3, -0.25) is 4.79 Å². The molecule has 0 radical (unpaired) electrons. The first-order valence-electron chi connectivity index (χ1n) is 7.16. The predicted molar refractivity (Wildman–Crippen MR) is 83.0 cm³/mol. The molecule has 5 heteroatoms. The van der Waals surface area contributed by atoms with E-state index >= 15 is 0 Å². The highest BCUT2D eigenvalue weighted by Crippen LogP contribution is 2.44. The largest absolute Gasteiger partial charge is 0.438 e. The SMILES string of the molecule is CCc1ncoc1C(=O)NC1(c2ccccc2Br)CCC1. The van der Waals surface area contributed by atoms with Crippen molar-refractivity contribution in [1.29, 1.82) is 0 Å². The van der Waals surface area contributed by atoms with Crippen LogP contribution in [0.5, 0.6) is 0 Å². The maximum Gasteiger partial charge on any atom is 0.289 e. The summed E-state index contributed by atoms with van der Waals surface area (Å²) in [4.78, 5) is 16.6. The van der Waals surface area contributed by atoms with Gasteiger partial charge in [0.2, 0.25) is 5.76 Å². The second-order valence-corrected chi connectivity index (χ2v) is 6.21. The molecule has 1 aromatic carbocycles. The minimum atomic E-state index is -0.297. The van der Waals surface area contributed by atoms with Gasteiger partial charge in [0, 0.05) is 4.47 Å². The Labute approximate surface area is 132 Å². The summed E-state index contributed by atoms with van der Waals surface area (Å²) in [5, 5.41) is 3.16. The normalized spacial score (nSPS) is 16.3. The Morgan fingerprint density at radius 2 is 2.19 bits per heavy atom. The van der Waals surface area contributed by atoms with Crippen molar-refractivity contribution in [2.45, 2.75) is 38.1 Å². The number of oxazole rings is 1. The molecule has 1 saturated carbocycles. The first-order valence-corrected chi connectivity index (χ1v) is 7.95. The molecule has 1 aliphatic carbocycles. The Morgan fingerprint density at radius 3 is 2.81 bits per heavy atom. The summed E-state index contributed by atoms with van der Waals surface area (Å²) >= 11 is 3.59. The number of aromatic nitrogens is 1. The number of carbonyl (C=O) groups excluding carboxylic acids is 1. The van der Waals surface area contributed by atoms with E-state index in [1.54, 1.807) is 0 Å². The van der Waals surface area contributed by atoms with Crippen LogP contribution in [0, 0.1) is 0 Å². The minimum Gasteiger partial charge on any atom is -0.438 e. The van der Waals surface area contributed by atoms with Crippen LogP contribution in [-0.2, 0) is 12.0 Å². The van der Waals surface area contributed by atoms with Crippen LogP contribution in [0.25, 0.3) is 0 Å². The summed E-state index contributed by atoms with van der Waals surface area (Å²) in [6.45, 7) is 1.96. The highest BCUT2D eigenvalue weighted by atomic mass is 79.9. The van der Waals surface area contributed by atoms with E-state index in [1.807, 2.05) is 25.1 Å². The monoisotopic (exact) mass is 348 g/mol. The van der Waals surface area contributed by atoms with Gasteiger partial charge in [-0.15, -0.1) is 0 Å². The Bertz CT molecular complexity index is 662. The Hall–Kier alpha value is -1.62. The average molecular weight is 349 g/mol. The lowest BCUT2D eigenvalue weighted by Crippen LogP contribution is -2.51. The fraction of sp³-hybridized carbons (Fsp3) is 0.375. The van der Waals surface area contributed by atoms with Gasteiger partial charge in [0.05, 0.1) is 11.2 Å². The molecule has 0 aliphatic heterocycles. The molecule has 1 amide bonds. The van der Waals surface area contributed by atoms with Gasteiger partial charge in [0.15, 0.2) is 6.39 Å². The van der Waals surface area contributed by atoms with E-state index in [0.29, 0.717) is 17.9 Å². The third kappa shape index (κ3) is 2.50. The molecule has 1 aliphatic rings. The topological polar surface area (TPSA) is 55.1 Å². The third-order valence-electron chi connectivity index (χ3n) is 4.13. The maximum absolute atomic E-state index is 12.5. The summed E-state index contributed by atoms with van der Waals surface area (Å²) in [6, 6.07) is 8.05. The molecule has 0 saturated heterocycles. The van der Waals surface area contributed by atoms with Gasteiger partial charge in [0.1, 0.15) is 0 Å². The fourth-order valence-corrected chi connectivity index (χ4v) is 3.49. The number of carbonyl (C=O) groups is 1. The van der Waals surface area contributed by atoms with Gasteiger partial charge in [-0.1, -0.05) is 41.1 Å². The molecule has 1 fully saturated rings. The first-order chi connectivity index (χ1) is 10.2. The molecule has 1 N–H and O–H groups in total. The van der Waals surface area contributed by atoms with E-state index in [0.717, 1.165) is 29.3 Å². The van der Waals surface area contributed by atoms with Gasteiger partial charge >= 0.3 is 0 Å². The molecule has 2 aromatic rings. The fourth-order valence-electron chi connectivity index (χ4n) is 2.82. The van der Waals surface area contributed by atoms with Gasteiger partial charge in [-0.25, -0.2) is 4.98 Å². The highest BCUT2D eigenvalue weighted by Gasteiger charge is 2.42. The van der Waals surface area contributed by atoms with Crippen LogP contribution in [0.2, 0.25) is 0 Å². The number of aryl methyl sites for hydroxylation is 1. The van der Waals surface area contributed by atoms with E-state index in [1.165, 1.54) is 6.39 Å². The van der Waals surface area contributed by atoms with Crippen LogP contribution >= 0.6 is 15.9 Å². The first kappa shape index (κ1) is 14.3. The molecule has 1 heterocycles. The van der Waals surface area contributed by atoms with Crippen LogP contribution in [0.4, 0.5) is 0 Å². The lowest BCUT2D eigenvalue weighted by Gasteiger charge is -2.43. The van der Waals surface area contributed by atoms with E-state index in [-0.39, 0.29) is 11.4 Å². The van der Waals surface area contributed by atoms with E-state index in [2.05, 4.69) is 32.3 Å². The molecular weight excluding hydrogens is 332 g/mol. The summed E-state index contributed by atoms with van der Waals surface area (Å²) < 4.78 is 6.29. The standard InChI is InChI=1S/C16H17BrN2O2/c1-2-13-14(21-10-18-13)15(20)19-16(8-5-9-16)11-6-3-4-7-12(11)17/h3-4,6-7,10H,2,5,8-9H2,1H3,(H,19,20). The summed E-state index contributed by atoms with van der Waals surface area (Å²) in [5.74, 6) is 0.149. The molecule has 1 aromatic heterocycles. The third-order valence-corrected chi connectivity index (χ3v) is 4.82. The van der Waals surface area contributed by atoms with Crippen molar-refractivity contribution < 1.29 is 9.21 Å². The molecule has 0 bridgehead atoms. The number of benzene rings is 1. The number of amides is 1. The van der Waals surface area contributed by atoms with Crippen LogP contribution in [0.3, 0.4) is 0 Å². The predicted octanol–water partition coefficient (Wildman–Crippen LogP) is 3.81. The van der Waals surface area contributed by atoms with Gasteiger partial charge in [-0.2, -0.15) is 0 Å². The van der Waals surface area contributed by atoms with Crippen molar-refractivity contribution in [3.63, 3.8) is 0 Å². The number of hydrogen-bond donors (Lipinski definition) is 1. The van der Waals surface area contributed by atoms with Gasteiger partial charge < -0.3 is 9.73 Å². The molecule has 4 nitrogen and oxygen atoms in total. The molecule has 0 unspecified atom stereocenters. The Kier molecular flexibility index (Phi) is 3.85. The van der Waals surface area contributed by atoms with Crippen molar-refractivity contribution in [3.05, 3.63) is 52.1 Å². The lowest BCUT2D eigenvalue weighted by atomic mass is 9.71. The number of nitrogens with one attached hydrogen (secondary N) is 1. The van der Waals surface area contributed by atoms with Crippen molar-refractivity contribution >= 4 is 21.8 Å². The lowest BCUT2D eigenvalue weighted by molar-refractivity contribution is 0.0792. The summed E-state index contributed by atoms with van der Waals surface area (Å²) in [7, 11) is 0. The molecule has 0 atom stereocenters. The van der Waals surface area contributed by atoms with Crippen molar-refractivity contribution in [2.75, 3.05) is 0 Å². The smallest absolute Gasteiger partial charge is 0.289 e. The minimum absolute atomic E-state index is 0.181.